The average molecular weight is 403 g/mol. The van der Waals surface area contributed by atoms with Gasteiger partial charge in [0.15, 0.2) is 5.82 Å². The molecule has 0 fully saturated rings. The highest BCUT2D eigenvalue weighted by Crippen LogP contribution is 2.29. The van der Waals surface area contributed by atoms with Crippen molar-refractivity contribution in [1.29, 1.82) is 0 Å². The van der Waals surface area contributed by atoms with E-state index in [0.29, 0.717) is 12.1 Å². The van der Waals surface area contributed by atoms with Crippen LogP contribution in [0.3, 0.4) is 0 Å². The zero-order valence-corrected chi connectivity index (χ0v) is 17.4. The van der Waals surface area contributed by atoms with Gasteiger partial charge in [-0.2, -0.15) is 5.10 Å². The van der Waals surface area contributed by atoms with E-state index in [0.717, 1.165) is 46.9 Å². The molecule has 2 amide bonds. The molecule has 2 heterocycles. The molecule has 154 valence electrons. The lowest BCUT2D eigenvalue weighted by atomic mass is 10.0. The molecule has 3 aromatic rings. The van der Waals surface area contributed by atoms with Crippen LogP contribution >= 0.6 is 0 Å². The van der Waals surface area contributed by atoms with Gasteiger partial charge in [0, 0.05) is 56.5 Å². The Kier molecular flexibility index (Phi) is 5.27. The van der Waals surface area contributed by atoms with Crippen molar-refractivity contribution in [1.82, 2.24) is 20.0 Å². The molecule has 0 saturated carbocycles. The number of aromatic nitrogens is 2. The zero-order chi connectivity index (χ0) is 21.3. The predicted octanol–water partition coefficient (Wildman–Crippen LogP) is 3.09. The Morgan fingerprint density at radius 2 is 1.83 bits per heavy atom. The standard InChI is InChI=1S/C23H25N5O2/c1-15(29)28-12-11-21-20(14-28)22(26-27(21)3)25-19-9-7-16(8-10-19)17-5-4-6-18(13-17)23(30)24-2/h4-10,13H,11-12,14H2,1-3H3,(H,24,30)(H,25,26). The minimum atomic E-state index is -0.102. The molecular formula is C23H25N5O2. The number of hydrogen-bond acceptors (Lipinski definition) is 4. The first-order valence-corrected chi connectivity index (χ1v) is 9.96. The lowest BCUT2D eigenvalue weighted by molar-refractivity contribution is -0.129. The number of aryl methyl sites for hydroxylation is 1. The molecule has 0 aliphatic carbocycles. The first kappa shape index (κ1) is 19.7. The summed E-state index contributed by atoms with van der Waals surface area (Å²) in [5, 5.41) is 10.7. The van der Waals surface area contributed by atoms with E-state index in [-0.39, 0.29) is 11.8 Å². The van der Waals surface area contributed by atoms with Gasteiger partial charge < -0.3 is 15.5 Å². The number of carbonyl (C=O) groups is 2. The van der Waals surface area contributed by atoms with E-state index in [9.17, 15) is 9.59 Å². The van der Waals surface area contributed by atoms with Crippen LogP contribution in [0, 0.1) is 0 Å². The summed E-state index contributed by atoms with van der Waals surface area (Å²) in [6, 6.07) is 15.6. The minimum absolute atomic E-state index is 0.0822. The van der Waals surface area contributed by atoms with Gasteiger partial charge in [0.05, 0.1) is 6.54 Å². The highest BCUT2D eigenvalue weighted by atomic mass is 16.2. The van der Waals surface area contributed by atoms with Crippen LogP contribution in [-0.2, 0) is 24.8 Å². The summed E-state index contributed by atoms with van der Waals surface area (Å²) in [7, 11) is 3.57. The van der Waals surface area contributed by atoms with Crippen molar-refractivity contribution in [2.75, 3.05) is 18.9 Å². The third kappa shape index (κ3) is 3.78. The smallest absolute Gasteiger partial charge is 0.251 e. The van der Waals surface area contributed by atoms with Gasteiger partial charge in [-0.25, -0.2) is 0 Å². The molecule has 1 aliphatic rings. The van der Waals surface area contributed by atoms with E-state index >= 15 is 0 Å². The Balaban J connectivity index is 1.56. The molecule has 1 aromatic heterocycles. The summed E-state index contributed by atoms with van der Waals surface area (Å²) in [6.07, 6.45) is 0.806. The lowest BCUT2D eigenvalue weighted by Crippen LogP contribution is -2.34. The Bertz CT molecular complexity index is 1100. The Morgan fingerprint density at radius 1 is 1.07 bits per heavy atom. The van der Waals surface area contributed by atoms with Crippen LogP contribution in [0.5, 0.6) is 0 Å². The fourth-order valence-corrected chi connectivity index (χ4v) is 3.83. The van der Waals surface area contributed by atoms with Gasteiger partial charge in [-0.3, -0.25) is 14.3 Å². The molecule has 0 atom stereocenters. The fourth-order valence-electron chi connectivity index (χ4n) is 3.83. The molecule has 0 unspecified atom stereocenters. The number of carbonyl (C=O) groups excluding carboxylic acids is 2. The van der Waals surface area contributed by atoms with E-state index in [2.05, 4.69) is 15.7 Å². The van der Waals surface area contributed by atoms with Crippen molar-refractivity contribution >= 4 is 23.3 Å². The van der Waals surface area contributed by atoms with Crippen LogP contribution in [0.1, 0.15) is 28.5 Å². The van der Waals surface area contributed by atoms with Gasteiger partial charge in [-0.05, 0) is 35.4 Å². The summed E-state index contributed by atoms with van der Waals surface area (Å²) in [5.74, 6) is 0.765. The summed E-state index contributed by atoms with van der Waals surface area (Å²) in [4.78, 5) is 25.5. The maximum atomic E-state index is 11.9. The van der Waals surface area contributed by atoms with Crippen LogP contribution in [0.25, 0.3) is 11.1 Å². The van der Waals surface area contributed by atoms with Crippen LogP contribution in [-0.4, -0.2) is 40.1 Å². The highest BCUT2D eigenvalue weighted by molar-refractivity contribution is 5.95. The SMILES string of the molecule is CNC(=O)c1cccc(-c2ccc(Nc3nn(C)c4c3CN(C(C)=O)CC4)cc2)c1. The Hall–Kier alpha value is -3.61. The summed E-state index contributed by atoms with van der Waals surface area (Å²) in [6.45, 7) is 2.91. The zero-order valence-electron chi connectivity index (χ0n) is 17.4. The largest absolute Gasteiger partial charge is 0.355 e. The van der Waals surface area contributed by atoms with Gasteiger partial charge in [0.25, 0.3) is 5.91 Å². The monoisotopic (exact) mass is 403 g/mol. The number of rotatable bonds is 4. The van der Waals surface area contributed by atoms with E-state index in [4.69, 9.17) is 0 Å². The third-order valence-electron chi connectivity index (χ3n) is 5.52. The normalized spacial score (nSPS) is 13.0. The molecule has 7 heteroatoms. The quantitative estimate of drug-likeness (QED) is 0.702. The summed E-state index contributed by atoms with van der Waals surface area (Å²) < 4.78 is 1.90. The molecule has 0 bridgehead atoms. The van der Waals surface area contributed by atoms with Gasteiger partial charge in [0.2, 0.25) is 5.91 Å². The van der Waals surface area contributed by atoms with Crippen molar-refractivity contribution in [2.24, 2.45) is 7.05 Å². The first-order chi connectivity index (χ1) is 14.5. The molecule has 2 N–H and O–H groups in total. The maximum absolute atomic E-state index is 11.9. The van der Waals surface area contributed by atoms with Gasteiger partial charge in [-0.1, -0.05) is 24.3 Å². The van der Waals surface area contributed by atoms with Crippen molar-refractivity contribution in [3.8, 4) is 11.1 Å². The Morgan fingerprint density at radius 3 is 2.53 bits per heavy atom. The molecule has 30 heavy (non-hydrogen) atoms. The lowest BCUT2D eigenvalue weighted by Gasteiger charge is -2.26. The van der Waals surface area contributed by atoms with Crippen molar-refractivity contribution in [2.45, 2.75) is 19.9 Å². The van der Waals surface area contributed by atoms with Gasteiger partial charge in [0.1, 0.15) is 0 Å². The number of amides is 2. The van der Waals surface area contributed by atoms with Crippen molar-refractivity contribution < 1.29 is 9.59 Å². The maximum Gasteiger partial charge on any atom is 0.251 e. The fraction of sp³-hybridized carbons (Fsp3) is 0.261. The Labute approximate surface area is 175 Å². The van der Waals surface area contributed by atoms with E-state index < -0.39 is 0 Å². The second-order valence-corrected chi connectivity index (χ2v) is 7.45. The number of benzene rings is 2. The molecule has 0 spiro atoms. The van der Waals surface area contributed by atoms with Crippen LogP contribution in [0.4, 0.5) is 11.5 Å². The van der Waals surface area contributed by atoms with Crippen LogP contribution < -0.4 is 10.6 Å². The predicted molar refractivity (Wildman–Crippen MR) is 117 cm³/mol. The van der Waals surface area contributed by atoms with Crippen molar-refractivity contribution in [3.05, 3.63) is 65.4 Å². The minimum Gasteiger partial charge on any atom is -0.355 e. The molecule has 7 nitrogen and oxygen atoms in total. The molecule has 0 radical (unpaired) electrons. The van der Waals surface area contributed by atoms with E-state index in [1.807, 2.05) is 59.1 Å². The molecule has 0 saturated heterocycles. The second kappa shape index (κ2) is 8.02. The first-order valence-electron chi connectivity index (χ1n) is 9.96. The number of anilines is 2. The highest BCUT2D eigenvalue weighted by Gasteiger charge is 2.25. The van der Waals surface area contributed by atoms with Crippen LogP contribution in [0.15, 0.2) is 48.5 Å². The summed E-state index contributed by atoms with van der Waals surface area (Å²) in [5.41, 5.74) is 5.79. The molecule has 4 rings (SSSR count). The van der Waals surface area contributed by atoms with Crippen LogP contribution in [0.2, 0.25) is 0 Å². The average Bonchev–Trinajstić information content (AvgIpc) is 3.08. The number of nitrogens with zero attached hydrogens (tertiary/aromatic N) is 3. The summed E-state index contributed by atoms with van der Waals surface area (Å²) >= 11 is 0. The van der Waals surface area contributed by atoms with E-state index in [1.165, 1.54) is 0 Å². The molecular weight excluding hydrogens is 378 g/mol. The number of fused-ring (bicyclic) bond motifs is 1. The molecule has 2 aromatic carbocycles. The number of hydrogen-bond donors (Lipinski definition) is 2. The van der Waals surface area contributed by atoms with Gasteiger partial charge in [-0.15, -0.1) is 0 Å². The molecule has 1 aliphatic heterocycles. The number of nitrogens with one attached hydrogen (secondary N) is 2. The van der Waals surface area contributed by atoms with Gasteiger partial charge >= 0.3 is 0 Å². The third-order valence-corrected chi connectivity index (χ3v) is 5.52. The topological polar surface area (TPSA) is 79.3 Å². The van der Waals surface area contributed by atoms with E-state index in [1.54, 1.807) is 20.0 Å². The van der Waals surface area contributed by atoms with Crippen molar-refractivity contribution in [3.63, 3.8) is 0 Å². The second-order valence-electron chi connectivity index (χ2n) is 7.45.